The molecule has 2 atom stereocenters. The van der Waals surface area contributed by atoms with Gasteiger partial charge in [-0.15, -0.1) is 0 Å². The van der Waals surface area contributed by atoms with Gasteiger partial charge in [0.25, 0.3) is 0 Å². The topological polar surface area (TPSA) is 34.1 Å². The molecule has 0 aliphatic carbocycles. The molecule has 1 rings (SSSR count). The fraction of sp³-hybridized carbons (Fsp3) is 1.00. The average molecular weight is 218 g/mol. The van der Waals surface area contributed by atoms with Crippen LogP contribution in [0.25, 0.3) is 0 Å². The summed E-state index contributed by atoms with van der Waals surface area (Å²) >= 11 is 0. The lowest BCUT2D eigenvalue weighted by molar-refractivity contribution is 0.316. The van der Waals surface area contributed by atoms with E-state index >= 15 is 0 Å². The Morgan fingerprint density at radius 3 is 2.43 bits per heavy atom. The summed E-state index contributed by atoms with van der Waals surface area (Å²) in [7, 11) is -2.70. The maximum atomic E-state index is 11.4. The van der Waals surface area contributed by atoms with E-state index in [0.717, 1.165) is 19.3 Å². The quantitative estimate of drug-likeness (QED) is 0.729. The molecule has 1 aliphatic rings. The first-order chi connectivity index (χ1) is 6.41. The summed E-state index contributed by atoms with van der Waals surface area (Å²) in [6, 6.07) is 0. The first-order valence-corrected chi connectivity index (χ1v) is 7.43. The minimum atomic E-state index is -2.70. The van der Waals surface area contributed by atoms with Crippen LogP contribution in [0, 0.1) is 17.8 Å². The molecular weight excluding hydrogens is 196 g/mol. The van der Waals surface area contributed by atoms with E-state index in [9.17, 15) is 8.42 Å². The van der Waals surface area contributed by atoms with Crippen molar-refractivity contribution in [3.8, 4) is 0 Å². The molecule has 0 aromatic rings. The lowest BCUT2D eigenvalue weighted by Gasteiger charge is -2.26. The lowest BCUT2D eigenvalue weighted by atomic mass is 9.87. The SMILES string of the molecule is CC(C)C(C)CC1CCCS(=O)(=O)C1. The molecule has 0 spiro atoms. The van der Waals surface area contributed by atoms with E-state index in [-0.39, 0.29) is 0 Å². The van der Waals surface area contributed by atoms with Gasteiger partial charge in [-0.25, -0.2) is 8.42 Å². The Hall–Kier alpha value is -0.0500. The van der Waals surface area contributed by atoms with E-state index in [1.165, 1.54) is 0 Å². The van der Waals surface area contributed by atoms with Gasteiger partial charge < -0.3 is 0 Å². The van der Waals surface area contributed by atoms with Crippen LogP contribution in [0.2, 0.25) is 0 Å². The van der Waals surface area contributed by atoms with Gasteiger partial charge in [-0.2, -0.15) is 0 Å². The Labute approximate surface area is 88.0 Å². The summed E-state index contributed by atoms with van der Waals surface area (Å²) in [6.45, 7) is 6.65. The standard InChI is InChI=1S/C11H22O2S/c1-9(2)10(3)7-11-5-4-6-14(12,13)8-11/h9-11H,4-8H2,1-3H3. The summed E-state index contributed by atoms with van der Waals surface area (Å²) < 4.78 is 22.8. The molecule has 0 N–H and O–H groups in total. The second-order valence-electron chi connectivity index (χ2n) is 5.08. The second-order valence-corrected chi connectivity index (χ2v) is 7.31. The zero-order chi connectivity index (χ0) is 10.8. The van der Waals surface area contributed by atoms with Gasteiger partial charge in [0.2, 0.25) is 0 Å². The van der Waals surface area contributed by atoms with Gasteiger partial charge in [0.1, 0.15) is 0 Å². The van der Waals surface area contributed by atoms with Crippen LogP contribution < -0.4 is 0 Å². The highest BCUT2D eigenvalue weighted by Gasteiger charge is 2.26. The van der Waals surface area contributed by atoms with Gasteiger partial charge >= 0.3 is 0 Å². The number of hydrogen-bond donors (Lipinski definition) is 0. The molecule has 0 amide bonds. The molecule has 3 heteroatoms. The summed E-state index contributed by atoms with van der Waals surface area (Å²) in [4.78, 5) is 0. The minimum absolute atomic E-state index is 0.416. The Morgan fingerprint density at radius 1 is 1.29 bits per heavy atom. The summed E-state index contributed by atoms with van der Waals surface area (Å²) in [6.07, 6.45) is 3.06. The minimum Gasteiger partial charge on any atom is -0.229 e. The highest BCUT2D eigenvalue weighted by Crippen LogP contribution is 2.27. The Kier molecular flexibility index (Phi) is 3.99. The smallest absolute Gasteiger partial charge is 0.150 e. The molecule has 1 fully saturated rings. The summed E-state index contributed by atoms with van der Waals surface area (Å²) in [5, 5.41) is 0. The number of rotatable bonds is 3. The third kappa shape index (κ3) is 3.60. The van der Waals surface area contributed by atoms with Crippen molar-refractivity contribution in [3.63, 3.8) is 0 Å². The van der Waals surface area contributed by atoms with Gasteiger partial charge in [0.15, 0.2) is 9.84 Å². The van der Waals surface area contributed by atoms with Crippen molar-refractivity contribution in [2.24, 2.45) is 17.8 Å². The molecular formula is C11H22O2S. The summed E-state index contributed by atoms with van der Waals surface area (Å²) in [5.41, 5.74) is 0. The van der Waals surface area contributed by atoms with E-state index in [4.69, 9.17) is 0 Å². The molecule has 0 saturated carbocycles. The number of sulfone groups is 1. The molecule has 1 aliphatic heterocycles. The van der Waals surface area contributed by atoms with E-state index in [0.29, 0.717) is 29.3 Å². The van der Waals surface area contributed by atoms with Gasteiger partial charge in [-0.1, -0.05) is 20.8 Å². The molecule has 84 valence electrons. The van der Waals surface area contributed by atoms with Crippen LogP contribution >= 0.6 is 0 Å². The normalized spacial score (nSPS) is 29.0. The van der Waals surface area contributed by atoms with Crippen molar-refractivity contribution in [1.29, 1.82) is 0 Å². The van der Waals surface area contributed by atoms with Crippen LogP contribution in [-0.2, 0) is 9.84 Å². The van der Waals surface area contributed by atoms with E-state index in [2.05, 4.69) is 20.8 Å². The fourth-order valence-corrected chi connectivity index (χ4v) is 3.90. The zero-order valence-electron chi connectivity index (χ0n) is 9.49. The molecule has 1 heterocycles. The molecule has 0 aromatic carbocycles. The Morgan fingerprint density at radius 2 is 1.93 bits per heavy atom. The largest absolute Gasteiger partial charge is 0.229 e. The maximum absolute atomic E-state index is 11.4. The maximum Gasteiger partial charge on any atom is 0.150 e. The Bertz CT molecular complexity index is 267. The molecule has 2 nitrogen and oxygen atoms in total. The van der Waals surface area contributed by atoms with E-state index in [1.54, 1.807) is 0 Å². The van der Waals surface area contributed by atoms with Crippen LogP contribution in [0.4, 0.5) is 0 Å². The van der Waals surface area contributed by atoms with Crippen LogP contribution in [0.3, 0.4) is 0 Å². The van der Waals surface area contributed by atoms with Crippen molar-refractivity contribution < 1.29 is 8.42 Å². The predicted molar refractivity (Wildman–Crippen MR) is 60.0 cm³/mol. The van der Waals surface area contributed by atoms with Crippen LogP contribution in [0.15, 0.2) is 0 Å². The van der Waals surface area contributed by atoms with Crippen LogP contribution in [0.5, 0.6) is 0 Å². The van der Waals surface area contributed by atoms with Gasteiger partial charge in [-0.05, 0) is 37.0 Å². The number of hydrogen-bond acceptors (Lipinski definition) is 2. The lowest BCUT2D eigenvalue weighted by Crippen LogP contribution is -2.27. The molecule has 2 unspecified atom stereocenters. The first kappa shape index (κ1) is 12.0. The van der Waals surface area contributed by atoms with Gasteiger partial charge in [-0.3, -0.25) is 0 Å². The zero-order valence-corrected chi connectivity index (χ0v) is 10.3. The van der Waals surface area contributed by atoms with Gasteiger partial charge in [0.05, 0.1) is 11.5 Å². The van der Waals surface area contributed by atoms with Gasteiger partial charge in [0, 0.05) is 0 Å². The predicted octanol–water partition coefficient (Wildman–Crippen LogP) is 2.49. The highest BCUT2D eigenvalue weighted by molar-refractivity contribution is 7.91. The first-order valence-electron chi connectivity index (χ1n) is 5.61. The second kappa shape index (κ2) is 4.65. The highest BCUT2D eigenvalue weighted by atomic mass is 32.2. The van der Waals surface area contributed by atoms with E-state index in [1.807, 2.05) is 0 Å². The van der Waals surface area contributed by atoms with Crippen LogP contribution in [-0.4, -0.2) is 19.9 Å². The third-order valence-electron chi connectivity index (χ3n) is 3.40. The van der Waals surface area contributed by atoms with Crippen molar-refractivity contribution in [3.05, 3.63) is 0 Å². The average Bonchev–Trinajstić information content (AvgIpc) is 2.01. The van der Waals surface area contributed by atoms with Crippen molar-refractivity contribution in [2.75, 3.05) is 11.5 Å². The third-order valence-corrected chi connectivity index (χ3v) is 5.29. The van der Waals surface area contributed by atoms with Crippen molar-refractivity contribution >= 4 is 9.84 Å². The molecule has 0 radical (unpaired) electrons. The monoisotopic (exact) mass is 218 g/mol. The Balaban J connectivity index is 2.46. The fourth-order valence-electron chi connectivity index (χ4n) is 2.10. The molecule has 0 bridgehead atoms. The van der Waals surface area contributed by atoms with Crippen molar-refractivity contribution in [1.82, 2.24) is 0 Å². The van der Waals surface area contributed by atoms with Crippen molar-refractivity contribution in [2.45, 2.75) is 40.0 Å². The summed E-state index contributed by atoms with van der Waals surface area (Å²) in [5.74, 6) is 2.59. The van der Waals surface area contributed by atoms with E-state index < -0.39 is 9.84 Å². The molecule has 0 aromatic heterocycles. The van der Waals surface area contributed by atoms with Crippen LogP contribution in [0.1, 0.15) is 40.0 Å². The molecule has 1 saturated heterocycles. The molecule has 14 heavy (non-hydrogen) atoms.